The van der Waals surface area contributed by atoms with Gasteiger partial charge in [-0.15, -0.1) is 0 Å². The summed E-state index contributed by atoms with van der Waals surface area (Å²) in [5.41, 5.74) is 0.859. The van der Waals surface area contributed by atoms with Crippen LogP contribution >= 0.6 is 0 Å². The summed E-state index contributed by atoms with van der Waals surface area (Å²) in [5, 5.41) is 23.3. The Morgan fingerprint density at radius 1 is 1.10 bits per heavy atom. The van der Waals surface area contributed by atoms with Gasteiger partial charge in [-0.3, -0.25) is 4.79 Å². The van der Waals surface area contributed by atoms with Gasteiger partial charge >= 0.3 is 0 Å². The van der Waals surface area contributed by atoms with Crippen LogP contribution in [0.4, 0.5) is 0 Å². The lowest BCUT2D eigenvalue weighted by molar-refractivity contribution is 0.214. The second-order valence-electron chi connectivity index (χ2n) is 7.13. The van der Waals surface area contributed by atoms with Gasteiger partial charge in [0.25, 0.3) is 0 Å². The molecule has 7 nitrogen and oxygen atoms in total. The number of nitrogens with one attached hydrogen (secondary N) is 1. The lowest BCUT2D eigenvalue weighted by Crippen LogP contribution is -2.43. The minimum atomic E-state index is -0.334. The van der Waals surface area contributed by atoms with Crippen LogP contribution in [0.1, 0.15) is 6.42 Å². The number of rotatable bonds is 6. The predicted molar refractivity (Wildman–Crippen MR) is 111 cm³/mol. The number of piperazine rings is 1. The monoisotopic (exact) mass is 396 g/mol. The quantitative estimate of drug-likeness (QED) is 0.551. The highest BCUT2D eigenvalue weighted by molar-refractivity contribution is 5.88. The van der Waals surface area contributed by atoms with E-state index in [0.29, 0.717) is 23.5 Å². The SMILES string of the molecule is O=c1c(-c2ccc(O)cc2)coc2cc(OCCCN3CCNCC3)cc(O)c12. The molecule has 152 valence electrons. The molecule has 0 amide bonds. The third-order valence-electron chi connectivity index (χ3n) is 5.11. The summed E-state index contributed by atoms with van der Waals surface area (Å²) in [5.74, 6) is 0.408. The first-order valence-corrected chi connectivity index (χ1v) is 9.75. The Morgan fingerprint density at radius 3 is 2.62 bits per heavy atom. The van der Waals surface area contributed by atoms with Gasteiger partial charge in [-0.25, -0.2) is 0 Å². The van der Waals surface area contributed by atoms with Gasteiger partial charge in [-0.05, 0) is 24.1 Å². The Balaban J connectivity index is 1.49. The molecule has 0 unspecified atom stereocenters. The minimum absolute atomic E-state index is 0.112. The zero-order valence-electron chi connectivity index (χ0n) is 16.1. The lowest BCUT2D eigenvalue weighted by Gasteiger charge is -2.26. The van der Waals surface area contributed by atoms with Crippen molar-refractivity contribution in [2.45, 2.75) is 6.42 Å². The second-order valence-corrected chi connectivity index (χ2v) is 7.13. The standard InChI is InChI=1S/C22H24N2O5/c25-16-4-2-15(3-5-16)18-14-29-20-13-17(12-19(26)21(20)22(18)27)28-11-1-8-24-9-6-23-7-10-24/h2-5,12-14,23,25-26H,1,6-11H2. The van der Waals surface area contributed by atoms with Crippen molar-refractivity contribution in [3.05, 3.63) is 52.9 Å². The van der Waals surface area contributed by atoms with Crippen molar-refractivity contribution in [1.82, 2.24) is 10.2 Å². The molecule has 1 aromatic heterocycles. The number of fused-ring (bicyclic) bond motifs is 1. The van der Waals surface area contributed by atoms with Crippen LogP contribution in [0.3, 0.4) is 0 Å². The van der Waals surface area contributed by atoms with Gasteiger partial charge in [0, 0.05) is 44.9 Å². The van der Waals surface area contributed by atoms with E-state index >= 15 is 0 Å². The summed E-state index contributed by atoms with van der Waals surface area (Å²) < 4.78 is 11.4. The molecule has 0 atom stereocenters. The van der Waals surface area contributed by atoms with Crippen LogP contribution < -0.4 is 15.5 Å². The molecule has 29 heavy (non-hydrogen) atoms. The molecule has 0 radical (unpaired) electrons. The van der Waals surface area contributed by atoms with Crippen LogP contribution in [0.15, 0.2) is 51.9 Å². The van der Waals surface area contributed by atoms with Crippen molar-refractivity contribution in [2.75, 3.05) is 39.3 Å². The summed E-state index contributed by atoms with van der Waals surface area (Å²) in [6, 6.07) is 9.32. The van der Waals surface area contributed by atoms with Crippen LogP contribution in [-0.4, -0.2) is 54.4 Å². The molecule has 0 bridgehead atoms. The minimum Gasteiger partial charge on any atom is -0.508 e. The third kappa shape index (κ3) is 4.36. The van der Waals surface area contributed by atoms with Crippen LogP contribution in [-0.2, 0) is 0 Å². The molecule has 7 heteroatoms. The molecule has 3 aromatic rings. The van der Waals surface area contributed by atoms with E-state index in [9.17, 15) is 15.0 Å². The number of ether oxygens (including phenoxy) is 1. The molecule has 0 aliphatic carbocycles. The number of hydrogen-bond donors (Lipinski definition) is 3. The van der Waals surface area contributed by atoms with E-state index in [0.717, 1.165) is 39.1 Å². The van der Waals surface area contributed by atoms with E-state index in [4.69, 9.17) is 9.15 Å². The van der Waals surface area contributed by atoms with Crippen LogP contribution in [0, 0.1) is 0 Å². The van der Waals surface area contributed by atoms with Crippen molar-refractivity contribution >= 4 is 11.0 Å². The first-order valence-electron chi connectivity index (χ1n) is 9.75. The summed E-state index contributed by atoms with van der Waals surface area (Å²) in [7, 11) is 0. The predicted octanol–water partition coefficient (Wildman–Crippen LogP) is 2.55. The number of phenols is 2. The van der Waals surface area contributed by atoms with Crippen LogP contribution in [0.5, 0.6) is 17.2 Å². The molecule has 0 spiro atoms. The number of nitrogens with zero attached hydrogens (tertiary/aromatic N) is 1. The van der Waals surface area contributed by atoms with E-state index in [1.165, 1.54) is 24.5 Å². The Kier molecular flexibility index (Phi) is 5.69. The highest BCUT2D eigenvalue weighted by atomic mass is 16.5. The van der Waals surface area contributed by atoms with Crippen molar-refractivity contribution in [1.29, 1.82) is 0 Å². The molecule has 2 aromatic carbocycles. The van der Waals surface area contributed by atoms with E-state index < -0.39 is 0 Å². The summed E-state index contributed by atoms with van der Waals surface area (Å²) in [6.45, 7) is 5.61. The third-order valence-corrected chi connectivity index (χ3v) is 5.11. The highest BCUT2D eigenvalue weighted by Crippen LogP contribution is 2.30. The summed E-state index contributed by atoms with van der Waals surface area (Å²) >= 11 is 0. The largest absolute Gasteiger partial charge is 0.508 e. The molecule has 1 saturated heterocycles. The fourth-order valence-electron chi connectivity index (χ4n) is 3.54. The lowest BCUT2D eigenvalue weighted by atomic mass is 10.0. The van der Waals surface area contributed by atoms with Gasteiger partial charge < -0.3 is 29.6 Å². The van der Waals surface area contributed by atoms with E-state index in [1.54, 1.807) is 18.2 Å². The Hall–Kier alpha value is -3.03. The molecule has 1 fully saturated rings. The molecule has 1 aliphatic rings. The smallest absolute Gasteiger partial charge is 0.204 e. The zero-order chi connectivity index (χ0) is 20.2. The molecular formula is C22H24N2O5. The van der Waals surface area contributed by atoms with Crippen molar-refractivity contribution in [2.24, 2.45) is 0 Å². The van der Waals surface area contributed by atoms with Crippen molar-refractivity contribution in [3.63, 3.8) is 0 Å². The first kappa shape index (κ1) is 19.3. The maximum atomic E-state index is 12.8. The number of benzene rings is 2. The summed E-state index contributed by atoms with van der Waals surface area (Å²) in [4.78, 5) is 15.2. The molecule has 3 N–H and O–H groups in total. The topological polar surface area (TPSA) is 95.2 Å². The molecule has 4 rings (SSSR count). The zero-order valence-corrected chi connectivity index (χ0v) is 16.1. The van der Waals surface area contributed by atoms with E-state index in [2.05, 4.69) is 10.2 Å². The number of phenolic OH excluding ortho intramolecular Hbond substituents is 2. The van der Waals surface area contributed by atoms with Gasteiger partial charge in [0.2, 0.25) is 5.43 Å². The molecule has 1 aliphatic heterocycles. The fourth-order valence-corrected chi connectivity index (χ4v) is 3.54. The first-order chi connectivity index (χ1) is 14.1. The highest BCUT2D eigenvalue weighted by Gasteiger charge is 2.15. The van der Waals surface area contributed by atoms with Crippen LogP contribution in [0.2, 0.25) is 0 Å². The molecule has 2 heterocycles. The van der Waals surface area contributed by atoms with Crippen molar-refractivity contribution < 1.29 is 19.4 Å². The fraction of sp³-hybridized carbons (Fsp3) is 0.318. The van der Waals surface area contributed by atoms with Crippen LogP contribution in [0.25, 0.3) is 22.1 Å². The Morgan fingerprint density at radius 2 is 1.86 bits per heavy atom. The second kappa shape index (κ2) is 8.55. The normalized spacial score (nSPS) is 14.9. The average molecular weight is 396 g/mol. The summed E-state index contributed by atoms with van der Waals surface area (Å²) in [6.07, 6.45) is 2.24. The van der Waals surface area contributed by atoms with Gasteiger partial charge in [0.05, 0.1) is 12.2 Å². The average Bonchev–Trinajstić information content (AvgIpc) is 2.73. The van der Waals surface area contributed by atoms with E-state index in [-0.39, 0.29) is 27.9 Å². The van der Waals surface area contributed by atoms with E-state index in [1.807, 2.05) is 0 Å². The molecular weight excluding hydrogens is 372 g/mol. The van der Waals surface area contributed by atoms with Crippen molar-refractivity contribution in [3.8, 4) is 28.4 Å². The maximum absolute atomic E-state index is 12.8. The van der Waals surface area contributed by atoms with Gasteiger partial charge in [0.15, 0.2) is 0 Å². The Bertz CT molecular complexity index is 1040. The van der Waals surface area contributed by atoms with Gasteiger partial charge in [0.1, 0.15) is 34.5 Å². The Labute approximate surface area is 168 Å². The molecule has 0 saturated carbocycles. The number of hydrogen-bond acceptors (Lipinski definition) is 7. The number of aromatic hydroxyl groups is 2. The maximum Gasteiger partial charge on any atom is 0.204 e. The van der Waals surface area contributed by atoms with Gasteiger partial charge in [-0.2, -0.15) is 0 Å². The van der Waals surface area contributed by atoms with Gasteiger partial charge in [-0.1, -0.05) is 12.1 Å².